The van der Waals surface area contributed by atoms with Crippen molar-refractivity contribution in [2.24, 2.45) is 5.41 Å². The molecule has 1 spiro atoms. The third-order valence-corrected chi connectivity index (χ3v) is 9.09. The van der Waals surface area contributed by atoms with Gasteiger partial charge in [-0.3, -0.25) is 14.4 Å². The fourth-order valence-corrected chi connectivity index (χ4v) is 6.54. The second-order valence-corrected chi connectivity index (χ2v) is 13.7. The average Bonchev–Trinajstić information content (AvgIpc) is 3.68. The van der Waals surface area contributed by atoms with Crippen LogP contribution < -0.4 is 16.0 Å². The Bertz CT molecular complexity index is 1800. The molecule has 1 atom stereocenters. The van der Waals surface area contributed by atoms with Crippen LogP contribution in [0.15, 0.2) is 60.8 Å². The maximum Gasteiger partial charge on any atom is 0.407 e. The lowest BCUT2D eigenvalue weighted by molar-refractivity contribution is -0.199. The molecule has 2 aromatic carbocycles. The minimum Gasteiger partial charge on any atom is -0.444 e. The number of carbonyl (C=O) groups excluding carboxylic acids is 4. The summed E-state index contributed by atoms with van der Waals surface area (Å²) in [4.78, 5) is 57.4. The van der Waals surface area contributed by atoms with Crippen LogP contribution >= 0.6 is 0 Å². The molecule has 1 aliphatic heterocycles. The van der Waals surface area contributed by atoms with Gasteiger partial charge in [0.05, 0.1) is 5.41 Å². The number of alkyl carbamates (subject to hydrolysis) is 1. The predicted molar refractivity (Wildman–Crippen MR) is 170 cm³/mol. The van der Waals surface area contributed by atoms with Crippen molar-refractivity contribution in [2.75, 3.05) is 17.2 Å². The Balaban J connectivity index is 1.19. The Morgan fingerprint density at radius 3 is 2.38 bits per heavy atom. The fourth-order valence-electron chi connectivity index (χ4n) is 6.54. The molecule has 4 amide bonds. The fraction of sp³-hybridized carbons (Fsp3) is 0.400. The van der Waals surface area contributed by atoms with E-state index in [-0.39, 0.29) is 31.8 Å². The predicted octanol–water partition coefficient (Wildman–Crippen LogP) is 5.40. The second-order valence-electron chi connectivity index (χ2n) is 13.7. The quantitative estimate of drug-likeness (QED) is 0.296. The molecular formula is C35H36F3N5O5. The van der Waals surface area contributed by atoms with E-state index >= 15 is 0 Å². The molecule has 1 fully saturated rings. The molecular weight excluding hydrogens is 627 g/mol. The zero-order valence-electron chi connectivity index (χ0n) is 26.8. The van der Waals surface area contributed by atoms with Gasteiger partial charge in [-0.2, -0.15) is 13.2 Å². The highest BCUT2D eigenvalue weighted by atomic mass is 19.4. The third-order valence-electron chi connectivity index (χ3n) is 9.09. The Labute approximate surface area is 275 Å². The van der Waals surface area contributed by atoms with Crippen LogP contribution in [0.25, 0.3) is 0 Å². The number of hydrogen-bond acceptors (Lipinski definition) is 6. The molecule has 0 radical (unpaired) electrons. The number of halogens is 3. The summed E-state index contributed by atoms with van der Waals surface area (Å²) in [6.07, 6.45) is -3.68. The number of fused-ring (bicyclic) bond motifs is 3. The van der Waals surface area contributed by atoms with Crippen LogP contribution in [-0.4, -0.2) is 52.0 Å². The molecule has 1 aromatic heterocycles. The summed E-state index contributed by atoms with van der Waals surface area (Å²) in [5, 5.41) is 8.23. The number of alkyl halides is 3. The number of nitrogens with one attached hydrogen (secondary N) is 3. The van der Waals surface area contributed by atoms with Crippen LogP contribution in [0.2, 0.25) is 0 Å². The van der Waals surface area contributed by atoms with Crippen molar-refractivity contribution in [3.05, 3.63) is 88.6 Å². The lowest BCUT2D eigenvalue weighted by atomic mass is 9.79. The molecule has 2 heterocycles. The summed E-state index contributed by atoms with van der Waals surface area (Å²) < 4.78 is 47.5. The smallest absolute Gasteiger partial charge is 0.407 e. The molecule has 252 valence electrons. The van der Waals surface area contributed by atoms with Crippen LogP contribution in [0.5, 0.6) is 0 Å². The van der Waals surface area contributed by atoms with Crippen LogP contribution in [0, 0.1) is 5.41 Å². The maximum atomic E-state index is 14.1. The molecule has 0 bridgehead atoms. The van der Waals surface area contributed by atoms with E-state index < -0.39 is 47.1 Å². The van der Waals surface area contributed by atoms with Gasteiger partial charge in [0, 0.05) is 30.5 Å². The van der Waals surface area contributed by atoms with Gasteiger partial charge in [-0.25, -0.2) is 9.78 Å². The summed E-state index contributed by atoms with van der Waals surface area (Å²) >= 11 is 0. The monoisotopic (exact) mass is 663 g/mol. The molecule has 1 saturated carbocycles. The number of benzene rings is 2. The van der Waals surface area contributed by atoms with E-state index in [4.69, 9.17) is 4.74 Å². The first-order valence-electron chi connectivity index (χ1n) is 15.7. The minimum absolute atomic E-state index is 0.00109. The maximum absolute atomic E-state index is 14.1. The molecule has 13 heteroatoms. The van der Waals surface area contributed by atoms with Gasteiger partial charge >= 0.3 is 12.3 Å². The second kappa shape index (κ2) is 11.9. The summed E-state index contributed by atoms with van der Waals surface area (Å²) in [5.74, 6) is -1.46. The van der Waals surface area contributed by atoms with Gasteiger partial charge < -0.3 is 25.6 Å². The molecule has 1 unspecified atom stereocenters. The van der Waals surface area contributed by atoms with Gasteiger partial charge in [-0.1, -0.05) is 36.4 Å². The van der Waals surface area contributed by atoms with Crippen LogP contribution in [0.1, 0.15) is 61.4 Å². The van der Waals surface area contributed by atoms with E-state index in [9.17, 15) is 32.3 Å². The van der Waals surface area contributed by atoms with E-state index in [0.29, 0.717) is 35.5 Å². The third kappa shape index (κ3) is 6.33. The number of rotatable bonds is 8. The Kier molecular flexibility index (Phi) is 8.20. The summed E-state index contributed by atoms with van der Waals surface area (Å²) in [5.41, 5.74) is -0.0463. The van der Waals surface area contributed by atoms with Gasteiger partial charge in [-0.15, -0.1) is 0 Å². The van der Waals surface area contributed by atoms with Crippen molar-refractivity contribution in [1.82, 2.24) is 15.2 Å². The number of aromatic nitrogens is 1. The van der Waals surface area contributed by atoms with E-state index in [1.54, 1.807) is 69.4 Å². The number of pyridine rings is 1. The van der Waals surface area contributed by atoms with E-state index in [1.165, 1.54) is 0 Å². The molecule has 6 rings (SSSR count). The highest BCUT2D eigenvalue weighted by Crippen LogP contribution is 2.58. The topological polar surface area (TPSA) is 130 Å². The van der Waals surface area contributed by atoms with Crippen molar-refractivity contribution in [3.8, 4) is 0 Å². The van der Waals surface area contributed by atoms with Crippen molar-refractivity contribution < 1.29 is 37.1 Å². The molecule has 3 aliphatic rings. The first-order chi connectivity index (χ1) is 22.6. The molecule has 2 aliphatic carbocycles. The van der Waals surface area contributed by atoms with Gasteiger partial charge in [0.1, 0.15) is 23.4 Å². The summed E-state index contributed by atoms with van der Waals surface area (Å²) in [6.45, 7) is 4.23. The van der Waals surface area contributed by atoms with Crippen molar-refractivity contribution in [3.63, 3.8) is 0 Å². The number of amides is 4. The largest absolute Gasteiger partial charge is 0.444 e. The van der Waals surface area contributed by atoms with Crippen LogP contribution in [0.4, 0.5) is 29.5 Å². The normalized spacial score (nSPS) is 18.8. The molecule has 10 nitrogen and oxygen atoms in total. The van der Waals surface area contributed by atoms with E-state index in [1.807, 2.05) is 12.1 Å². The average molecular weight is 664 g/mol. The number of nitrogens with zero attached hydrogens (tertiary/aromatic N) is 2. The first-order valence-corrected chi connectivity index (χ1v) is 15.7. The molecule has 0 saturated heterocycles. The Morgan fingerprint density at radius 1 is 0.979 bits per heavy atom. The standard InChI is InChI=1S/C35H36F3N5O5/c1-32(2,3)48-31(47)40-18-22-7-4-5-8-23(22)19-43(30(46)34(12-13-34)35(36,37)38)20-27(44)41-25-11-10-21-16-33(17-24(21)15-25)26-9-6-14-39-28(26)42-29(33)45/h4-11,14-15H,12-13,16-20H2,1-3H3,(H,40,47)(H,41,44)(H,39,42,45). The first kappa shape index (κ1) is 33.0. The van der Waals surface area contributed by atoms with Gasteiger partial charge in [0.25, 0.3) is 0 Å². The Morgan fingerprint density at radius 2 is 1.69 bits per heavy atom. The number of hydrogen-bond donors (Lipinski definition) is 3. The summed E-state index contributed by atoms with van der Waals surface area (Å²) in [7, 11) is 0. The Hall–Kier alpha value is -4.94. The zero-order valence-corrected chi connectivity index (χ0v) is 26.8. The number of carbonyl (C=O) groups is 4. The highest BCUT2D eigenvalue weighted by Gasteiger charge is 2.69. The van der Waals surface area contributed by atoms with E-state index in [2.05, 4.69) is 20.9 Å². The number of anilines is 2. The zero-order chi connectivity index (χ0) is 34.5. The van der Waals surface area contributed by atoms with Gasteiger partial charge in [-0.05, 0) is 86.9 Å². The van der Waals surface area contributed by atoms with Crippen molar-refractivity contribution in [1.29, 1.82) is 0 Å². The minimum atomic E-state index is -4.77. The summed E-state index contributed by atoms with van der Waals surface area (Å²) in [6, 6.07) is 15.6. The van der Waals surface area contributed by atoms with E-state index in [0.717, 1.165) is 21.6 Å². The van der Waals surface area contributed by atoms with Gasteiger partial charge in [0.15, 0.2) is 0 Å². The highest BCUT2D eigenvalue weighted by molar-refractivity contribution is 6.06. The number of ether oxygens (including phenoxy) is 1. The van der Waals surface area contributed by atoms with Crippen molar-refractivity contribution >= 4 is 35.3 Å². The lowest BCUT2D eigenvalue weighted by Crippen LogP contribution is -2.46. The SMILES string of the molecule is CC(C)(C)OC(=O)NCc1ccccc1CN(CC(=O)Nc1ccc2c(c1)CC1(C2)C(=O)Nc2ncccc21)C(=O)C1(C(F)(F)F)CC1. The molecule has 48 heavy (non-hydrogen) atoms. The van der Waals surface area contributed by atoms with Crippen LogP contribution in [-0.2, 0) is 50.5 Å². The van der Waals surface area contributed by atoms with Gasteiger partial charge in [0.2, 0.25) is 17.7 Å². The van der Waals surface area contributed by atoms with Crippen LogP contribution in [0.3, 0.4) is 0 Å². The van der Waals surface area contributed by atoms with Crippen molar-refractivity contribution in [2.45, 2.75) is 76.7 Å². The lowest BCUT2D eigenvalue weighted by Gasteiger charge is -2.29. The molecule has 3 N–H and O–H groups in total. The molecule has 3 aromatic rings.